The van der Waals surface area contributed by atoms with Crippen molar-refractivity contribution in [3.8, 4) is 0 Å². The molecule has 2 fully saturated rings. The molecule has 0 radical (unpaired) electrons. The number of hydrogen-bond acceptors (Lipinski definition) is 5. The number of nitrogens with zero attached hydrogens (tertiary/aromatic N) is 2. The normalized spacial score (nSPS) is 31.5. The highest BCUT2D eigenvalue weighted by Crippen LogP contribution is 2.48. The van der Waals surface area contributed by atoms with Gasteiger partial charge in [0, 0.05) is 26.2 Å². The second-order valence-corrected chi connectivity index (χ2v) is 10.1. The van der Waals surface area contributed by atoms with Crippen LogP contribution in [-0.4, -0.2) is 60.8 Å². The number of carbonyl (C=O) groups is 2. The predicted molar refractivity (Wildman–Crippen MR) is 95.0 cm³/mol. The van der Waals surface area contributed by atoms with Crippen molar-refractivity contribution in [3.05, 3.63) is 29.7 Å². The molecule has 1 amide bonds. The molecule has 1 saturated carbocycles. The van der Waals surface area contributed by atoms with E-state index in [-0.39, 0.29) is 30.8 Å². The van der Waals surface area contributed by atoms with Crippen LogP contribution in [0.5, 0.6) is 0 Å². The second kappa shape index (κ2) is 6.47. The lowest BCUT2D eigenvalue weighted by molar-refractivity contribution is -0.151. The molecule has 4 atom stereocenters. The lowest BCUT2D eigenvalue weighted by Gasteiger charge is -2.37. The first-order chi connectivity index (χ1) is 12.4. The minimum Gasteiger partial charge on any atom is -0.481 e. The van der Waals surface area contributed by atoms with Gasteiger partial charge in [-0.1, -0.05) is 18.2 Å². The second-order valence-electron chi connectivity index (χ2n) is 7.00. The van der Waals surface area contributed by atoms with Crippen molar-refractivity contribution in [2.24, 2.45) is 23.7 Å². The molecular weight excluding hydrogens is 376 g/mol. The van der Waals surface area contributed by atoms with E-state index < -0.39 is 27.8 Å². The molecule has 1 saturated heterocycles. The minimum absolute atomic E-state index is 0.0125. The summed E-state index contributed by atoms with van der Waals surface area (Å²) in [5.41, 5.74) is 0. The molecule has 2 aliphatic carbocycles. The number of thiophene rings is 1. The first-order valence-electron chi connectivity index (χ1n) is 8.63. The maximum absolute atomic E-state index is 13.0. The number of hydrogen-bond donors (Lipinski definition) is 1. The molecule has 1 aliphatic heterocycles. The molecule has 0 unspecified atom stereocenters. The van der Waals surface area contributed by atoms with Gasteiger partial charge in [-0.25, -0.2) is 8.42 Å². The molecule has 9 heteroatoms. The van der Waals surface area contributed by atoms with E-state index in [0.29, 0.717) is 17.3 Å². The average molecular weight is 396 g/mol. The fourth-order valence-electron chi connectivity index (χ4n) is 4.39. The first kappa shape index (κ1) is 17.7. The van der Waals surface area contributed by atoms with Crippen molar-refractivity contribution in [1.29, 1.82) is 0 Å². The molecule has 1 aromatic heterocycles. The van der Waals surface area contributed by atoms with Crippen LogP contribution in [0.25, 0.3) is 0 Å². The number of rotatable bonds is 4. The van der Waals surface area contributed by atoms with E-state index in [2.05, 4.69) is 0 Å². The summed E-state index contributed by atoms with van der Waals surface area (Å²) in [6.45, 7) is 1.07. The monoisotopic (exact) mass is 396 g/mol. The first-order valence-corrected chi connectivity index (χ1v) is 10.9. The molecule has 2 heterocycles. The average Bonchev–Trinajstić information content (AvgIpc) is 3.37. The quantitative estimate of drug-likeness (QED) is 0.769. The van der Waals surface area contributed by atoms with Crippen molar-refractivity contribution in [2.75, 3.05) is 26.2 Å². The third-order valence-corrected chi connectivity index (χ3v) is 8.94. The molecule has 4 rings (SSSR count). The summed E-state index contributed by atoms with van der Waals surface area (Å²) in [7, 11) is -3.51. The Labute approximate surface area is 156 Å². The molecule has 0 spiro atoms. The number of carboxylic acid groups (broad SMARTS) is 1. The largest absolute Gasteiger partial charge is 0.481 e. The lowest BCUT2D eigenvalue weighted by Crippen LogP contribution is -2.53. The molecule has 0 aromatic carbocycles. The SMILES string of the molecule is O=C(O)[C@@H]1[C@@H](C(=O)N2CCN(S(=O)(=O)c3cccs3)CC2)[C@H]2C=C[C@@H]1C2. The maximum atomic E-state index is 13.0. The van der Waals surface area contributed by atoms with Crippen molar-refractivity contribution in [2.45, 2.75) is 10.6 Å². The zero-order chi connectivity index (χ0) is 18.5. The van der Waals surface area contributed by atoms with Gasteiger partial charge in [-0.2, -0.15) is 4.31 Å². The Morgan fingerprint density at radius 3 is 2.31 bits per heavy atom. The van der Waals surface area contributed by atoms with Crippen LogP contribution in [-0.2, 0) is 19.6 Å². The van der Waals surface area contributed by atoms with Crippen LogP contribution in [0.2, 0.25) is 0 Å². The number of piperazine rings is 1. The van der Waals surface area contributed by atoms with Gasteiger partial charge < -0.3 is 10.0 Å². The Kier molecular flexibility index (Phi) is 4.40. The summed E-state index contributed by atoms with van der Waals surface area (Å²) in [6.07, 6.45) is 4.60. The fraction of sp³-hybridized carbons (Fsp3) is 0.529. The number of aliphatic carboxylic acids is 1. The zero-order valence-electron chi connectivity index (χ0n) is 14.0. The molecule has 1 N–H and O–H groups in total. The van der Waals surface area contributed by atoms with E-state index in [1.54, 1.807) is 22.4 Å². The summed E-state index contributed by atoms with van der Waals surface area (Å²) in [4.78, 5) is 26.2. The summed E-state index contributed by atoms with van der Waals surface area (Å²) in [5.74, 6) is -2.33. The fourth-order valence-corrected chi connectivity index (χ4v) is 6.96. The smallest absolute Gasteiger partial charge is 0.307 e. The van der Waals surface area contributed by atoms with Crippen molar-refractivity contribution < 1.29 is 23.1 Å². The van der Waals surface area contributed by atoms with E-state index in [4.69, 9.17) is 0 Å². The third kappa shape index (κ3) is 2.78. The summed E-state index contributed by atoms with van der Waals surface area (Å²) >= 11 is 1.18. The predicted octanol–water partition coefficient (Wildman–Crippen LogP) is 1.10. The highest BCUT2D eigenvalue weighted by molar-refractivity contribution is 7.91. The topological polar surface area (TPSA) is 95.0 Å². The highest BCUT2D eigenvalue weighted by atomic mass is 32.2. The Hall–Kier alpha value is -1.71. The Balaban J connectivity index is 1.44. The molecule has 2 bridgehead atoms. The van der Waals surface area contributed by atoms with Crippen molar-refractivity contribution >= 4 is 33.2 Å². The number of sulfonamides is 1. The number of fused-ring (bicyclic) bond motifs is 2. The number of allylic oxidation sites excluding steroid dienone is 2. The van der Waals surface area contributed by atoms with Gasteiger partial charge in [0.25, 0.3) is 10.0 Å². The standard InChI is InChI=1S/C17H20N2O5S2/c20-16(14-11-3-4-12(10-11)15(14)17(21)22)18-5-7-19(8-6-18)26(23,24)13-2-1-9-25-13/h1-4,9,11-12,14-15H,5-8,10H2,(H,21,22)/t11-,12+,14-,15-/m0/s1. The van der Waals surface area contributed by atoms with E-state index in [0.717, 1.165) is 6.42 Å². The van der Waals surface area contributed by atoms with Crippen LogP contribution >= 0.6 is 11.3 Å². The van der Waals surface area contributed by atoms with E-state index in [1.165, 1.54) is 15.6 Å². The molecule has 140 valence electrons. The van der Waals surface area contributed by atoms with Gasteiger partial charge in [-0.05, 0) is 29.7 Å². The molecule has 7 nitrogen and oxygen atoms in total. The van der Waals surface area contributed by atoms with Crippen LogP contribution in [0.15, 0.2) is 33.9 Å². The number of amides is 1. The van der Waals surface area contributed by atoms with Crippen LogP contribution < -0.4 is 0 Å². The lowest BCUT2D eigenvalue weighted by atomic mass is 9.82. The van der Waals surface area contributed by atoms with Gasteiger partial charge in [0.05, 0.1) is 11.8 Å². The van der Waals surface area contributed by atoms with Gasteiger partial charge in [0.1, 0.15) is 4.21 Å². The molecule has 1 aromatic rings. The van der Waals surface area contributed by atoms with Gasteiger partial charge in [-0.3, -0.25) is 9.59 Å². The molecule has 26 heavy (non-hydrogen) atoms. The zero-order valence-corrected chi connectivity index (χ0v) is 15.7. The Bertz CT molecular complexity index is 841. The Morgan fingerprint density at radius 1 is 1.08 bits per heavy atom. The van der Waals surface area contributed by atoms with Gasteiger partial charge in [0.15, 0.2) is 0 Å². The summed E-state index contributed by atoms with van der Waals surface area (Å²) < 4.78 is 26.9. The maximum Gasteiger partial charge on any atom is 0.307 e. The van der Waals surface area contributed by atoms with Gasteiger partial charge >= 0.3 is 5.97 Å². The summed E-state index contributed by atoms with van der Waals surface area (Å²) in [6, 6.07) is 3.28. The minimum atomic E-state index is -3.51. The highest BCUT2D eigenvalue weighted by Gasteiger charge is 2.52. The van der Waals surface area contributed by atoms with Crippen LogP contribution in [0.3, 0.4) is 0 Å². The van der Waals surface area contributed by atoms with E-state index in [9.17, 15) is 23.1 Å². The molecular formula is C17H20N2O5S2. The van der Waals surface area contributed by atoms with Crippen LogP contribution in [0.4, 0.5) is 0 Å². The van der Waals surface area contributed by atoms with Crippen molar-refractivity contribution in [3.63, 3.8) is 0 Å². The van der Waals surface area contributed by atoms with E-state index >= 15 is 0 Å². The Morgan fingerprint density at radius 2 is 1.73 bits per heavy atom. The van der Waals surface area contributed by atoms with E-state index in [1.807, 2.05) is 12.2 Å². The van der Waals surface area contributed by atoms with Crippen LogP contribution in [0.1, 0.15) is 6.42 Å². The van der Waals surface area contributed by atoms with Gasteiger partial charge in [0.2, 0.25) is 5.91 Å². The van der Waals surface area contributed by atoms with Crippen LogP contribution in [0, 0.1) is 23.7 Å². The van der Waals surface area contributed by atoms with Crippen molar-refractivity contribution in [1.82, 2.24) is 9.21 Å². The number of carbonyl (C=O) groups excluding carboxylic acids is 1. The van der Waals surface area contributed by atoms with Gasteiger partial charge in [-0.15, -0.1) is 11.3 Å². The summed E-state index contributed by atoms with van der Waals surface area (Å²) in [5, 5.41) is 11.2. The third-order valence-electron chi connectivity index (χ3n) is 5.67. The number of carboxylic acids is 1. The molecule has 3 aliphatic rings.